The molecule has 11 atom stereocenters. The Hall–Kier alpha value is -1.72. The fourth-order valence-corrected chi connectivity index (χ4v) is 8.77. The van der Waals surface area contributed by atoms with Crippen LogP contribution in [0.4, 0.5) is 0 Å². The fourth-order valence-electron chi connectivity index (χ4n) is 8.77. The van der Waals surface area contributed by atoms with Crippen molar-refractivity contribution in [3.05, 3.63) is 36.0 Å². The van der Waals surface area contributed by atoms with Crippen molar-refractivity contribution >= 4 is 11.6 Å². The summed E-state index contributed by atoms with van der Waals surface area (Å²) in [6.07, 6.45) is 8.81. The van der Waals surface area contributed by atoms with Crippen LogP contribution in [0.1, 0.15) is 60.3 Å². The number of carbonyl (C=O) groups excluding carboxylic acids is 2. The lowest BCUT2D eigenvalue weighted by Gasteiger charge is -2.56. The third kappa shape index (κ3) is 3.10. The van der Waals surface area contributed by atoms with Crippen LogP contribution in [0.15, 0.2) is 36.0 Å². The van der Waals surface area contributed by atoms with Gasteiger partial charge in [0.25, 0.3) is 0 Å². The molecule has 9 heteroatoms. The fraction of sp³-hybridized carbons (Fsp3) is 0.733. The molecule has 4 aliphatic carbocycles. The van der Waals surface area contributed by atoms with Crippen LogP contribution in [0.5, 0.6) is 0 Å². The van der Waals surface area contributed by atoms with Crippen molar-refractivity contribution in [1.29, 1.82) is 0 Å². The van der Waals surface area contributed by atoms with Crippen molar-refractivity contribution in [1.82, 2.24) is 0 Å². The largest absolute Gasteiger partial charge is 0.393 e. The highest BCUT2D eigenvalue weighted by Gasteiger charge is 2.94. The highest BCUT2D eigenvalue weighted by atomic mass is 16.6. The zero-order valence-electron chi connectivity index (χ0n) is 23.3. The molecule has 0 aromatic heterocycles. The maximum atomic E-state index is 13.8. The molecule has 3 saturated carbocycles. The second-order valence-corrected chi connectivity index (χ2v) is 13.1. The molecule has 9 nitrogen and oxygen atoms in total. The van der Waals surface area contributed by atoms with Crippen LogP contribution in [0.3, 0.4) is 0 Å². The molecule has 0 radical (unpaired) electrons. The molecule has 5 rings (SSSR count). The number of ether oxygens (including phenoxy) is 1. The number of Topliss-reactive ketones (excluding diaryl/α,β-unsaturated/α-hetero) is 1. The molecular weight excluding hydrogens is 504 g/mol. The van der Waals surface area contributed by atoms with E-state index in [1.54, 1.807) is 19.9 Å². The van der Waals surface area contributed by atoms with Gasteiger partial charge in [-0.25, -0.2) is 0 Å². The van der Waals surface area contributed by atoms with Gasteiger partial charge in [0.1, 0.15) is 17.3 Å². The summed E-state index contributed by atoms with van der Waals surface area (Å²) in [6.45, 7) is 7.62. The Morgan fingerprint density at radius 1 is 1.13 bits per heavy atom. The lowest BCUT2D eigenvalue weighted by Crippen LogP contribution is -2.74. The van der Waals surface area contributed by atoms with Crippen LogP contribution in [0.2, 0.25) is 0 Å². The van der Waals surface area contributed by atoms with Gasteiger partial charge in [0.05, 0.1) is 18.3 Å². The van der Waals surface area contributed by atoms with Gasteiger partial charge >= 0.3 is 0 Å². The SMILES string of the molecule is CCCCC/C=C/C=C/C(=O)C1(O)[C@@H](C)[C@@]2(O)[C@@H](C3O[C@@]3(CO)C(O)[C@]3(O)C(=O)C(C)=C[C@@H]23)[C@@H]2C(C)(C)[C@@]21O. The van der Waals surface area contributed by atoms with E-state index >= 15 is 0 Å². The summed E-state index contributed by atoms with van der Waals surface area (Å²) < 4.78 is 5.83. The molecule has 0 aromatic carbocycles. The van der Waals surface area contributed by atoms with E-state index in [1.807, 2.05) is 6.08 Å². The van der Waals surface area contributed by atoms with Crippen molar-refractivity contribution in [2.24, 2.45) is 29.1 Å². The standard InChI is InChI=1S/C30H42O9/c1-6-7-8-9-10-11-12-13-19(32)29(37)17(3)27(35)18-14-16(2)22(33)28(18,36)24(34)26(15-31)23(39-26)20(27)21-25(4,5)30(21,29)38/h10-14,17-18,20-21,23-24,31,34-38H,6-9,15H2,1-5H3/b11-10+,13-12+/t17-,18-,20+,21+,23?,24?,26+,27-,28+,29?,30-/m0/s1. The topological polar surface area (TPSA) is 168 Å². The maximum Gasteiger partial charge on any atom is 0.193 e. The number of carbonyl (C=O) groups is 2. The third-order valence-corrected chi connectivity index (χ3v) is 11.1. The summed E-state index contributed by atoms with van der Waals surface area (Å²) in [7, 11) is 0. The zero-order chi connectivity index (χ0) is 29.0. The summed E-state index contributed by atoms with van der Waals surface area (Å²) in [5.74, 6) is -6.37. The molecule has 0 amide bonds. The van der Waals surface area contributed by atoms with E-state index in [-0.39, 0.29) is 5.57 Å². The third-order valence-electron chi connectivity index (χ3n) is 11.1. The molecular formula is C30H42O9. The van der Waals surface area contributed by atoms with E-state index in [1.165, 1.54) is 32.1 Å². The minimum absolute atomic E-state index is 0.104. The number of hydrogen-bond donors (Lipinski definition) is 6. The average Bonchev–Trinajstić information content (AvgIpc) is 3.72. The Balaban J connectivity index is 1.62. The van der Waals surface area contributed by atoms with Crippen molar-refractivity contribution in [3.8, 4) is 0 Å². The number of allylic oxidation sites excluding steroid dienone is 3. The minimum atomic E-state index is -2.56. The Morgan fingerprint density at radius 2 is 1.79 bits per heavy atom. The first-order valence-electron chi connectivity index (χ1n) is 14.1. The van der Waals surface area contributed by atoms with Crippen molar-refractivity contribution in [3.63, 3.8) is 0 Å². The summed E-state index contributed by atoms with van der Waals surface area (Å²) in [4.78, 5) is 27.1. The van der Waals surface area contributed by atoms with Gasteiger partial charge in [0.15, 0.2) is 22.8 Å². The second-order valence-electron chi connectivity index (χ2n) is 13.1. The second kappa shape index (κ2) is 8.64. The predicted octanol–water partition coefficient (Wildman–Crippen LogP) is 0.744. The minimum Gasteiger partial charge on any atom is -0.393 e. The van der Waals surface area contributed by atoms with Crippen LogP contribution in [0.25, 0.3) is 0 Å². The number of unbranched alkanes of at least 4 members (excludes halogenated alkanes) is 3. The van der Waals surface area contributed by atoms with Crippen molar-refractivity contribution in [2.45, 2.75) is 101 Å². The first-order valence-corrected chi connectivity index (χ1v) is 14.1. The van der Waals surface area contributed by atoms with Gasteiger partial charge in [-0.1, -0.05) is 64.8 Å². The van der Waals surface area contributed by atoms with E-state index in [4.69, 9.17) is 4.74 Å². The Bertz CT molecular complexity index is 1170. The zero-order valence-corrected chi connectivity index (χ0v) is 23.3. The smallest absolute Gasteiger partial charge is 0.193 e. The Morgan fingerprint density at radius 3 is 2.41 bits per heavy atom. The predicted molar refractivity (Wildman–Crippen MR) is 140 cm³/mol. The van der Waals surface area contributed by atoms with Crippen molar-refractivity contribution in [2.75, 3.05) is 6.61 Å². The molecule has 1 aliphatic heterocycles. The normalized spacial score (nSPS) is 51.2. The summed E-state index contributed by atoms with van der Waals surface area (Å²) in [5.41, 5.74) is -11.9. The lowest BCUT2D eigenvalue weighted by molar-refractivity contribution is -0.259. The molecule has 6 N–H and O–H groups in total. The van der Waals surface area contributed by atoms with Gasteiger partial charge in [0.2, 0.25) is 0 Å². The van der Waals surface area contributed by atoms with E-state index in [9.17, 15) is 40.2 Å². The Kier molecular flexibility index (Phi) is 6.38. The van der Waals surface area contributed by atoms with E-state index < -0.39 is 87.5 Å². The number of fused-ring (bicyclic) bond motifs is 7. The number of aliphatic hydroxyl groups excluding tert-OH is 2. The molecule has 0 aromatic rings. The molecule has 0 spiro atoms. The molecule has 3 unspecified atom stereocenters. The van der Waals surface area contributed by atoms with Crippen LogP contribution in [-0.4, -0.2) is 89.0 Å². The first-order chi connectivity index (χ1) is 18.1. The van der Waals surface area contributed by atoms with Gasteiger partial charge < -0.3 is 35.4 Å². The van der Waals surface area contributed by atoms with Gasteiger partial charge in [-0.3, -0.25) is 9.59 Å². The molecule has 4 fully saturated rings. The molecule has 1 saturated heterocycles. The molecule has 5 aliphatic rings. The van der Waals surface area contributed by atoms with Crippen LogP contribution < -0.4 is 0 Å². The van der Waals surface area contributed by atoms with Gasteiger partial charge in [-0.15, -0.1) is 0 Å². The highest BCUT2D eigenvalue weighted by molar-refractivity contribution is 6.05. The number of ketones is 2. The summed E-state index contributed by atoms with van der Waals surface area (Å²) >= 11 is 0. The highest BCUT2D eigenvalue weighted by Crippen LogP contribution is 2.80. The van der Waals surface area contributed by atoms with Crippen LogP contribution in [-0.2, 0) is 14.3 Å². The van der Waals surface area contributed by atoms with E-state index in [0.29, 0.717) is 0 Å². The summed E-state index contributed by atoms with van der Waals surface area (Å²) in [6, 6.07) is 0. The van der Waals surface area contributed by atoms with E-state index in [0.717, 1.165) is 25.7 Å². The lowest BCUT2D eigenvalue weighted by atomic mass is 9.53. The van der Waals surface area contributed by atoms with Gasteiger partial charge in [-0.2, -0.15) is 0 Å². The molecule has 216 valence electrons. The van der Waals surface area contributed by atoms with Gasteiger partial charge in [-0.05, 0) is 31.4 Å². The van der Waals surface area contributed by atoms with Crippen LogP contribution in [0, 0.1) is 29.1 Å². The number of epoxide rings is 1. The maximum absolute atomic E-state index is 13.8. The van der Waals surface area contributed by atoms with Crippen molar-refractivity contribution < 1.29 is 45.0 Å². The molecule has 1 heterocycles. The molecule has 0 bridgehead atoms. The van der Waals surface area contributed by atoms with Gasteiger partial charge in [0, 0.05) is 29.1 Å². The average molecular weight is 547 g/mol. The van der Waals surface area contributed by atoms with Crippen LogP contribution >= 0.6 is 0 Å². The number of aliphatic hydroxyl groups is 6. The quantitative estimate of drug-likeness (QED) is 0.111. The number of hydrogen-bond acceptors (Lipinski definition) is 9. The monoisotopic (exact) mass is 546 g/mol. The Labute approximate surface area is 228 Å². The number of rotatable bonds is 8. The van der Waals surface area contributed by atoms with E-state index in [2.05, 4.69) is 6.92 Å². The summed E-state index contributed by atoms with van der Waals surface area (Å²) in [5, 5.41) is 70.5. The first kappa shape index (κ1) is 28.8. The molecule has 39 heavy (non-hydrogen) atoms.